The van der Waals surface area contributed by atoms with Gasteiger partial charge in [0.25, 0.3) is 5.91 Å². The first-order valence-corrected chi connectivity index (χ1v) is 9.18. The van der Waals surface area contributed by atoms with Crippen LogP contribution in [0.3, 0.4) is 0 Å². The average Bonchev–Trinajstić information content (AvgIpc) is 3.31. The first-order valence-electron chi connectivity index (χ1n) is 9.18. The molecule has 0 saturated heterocycles. The van der Waals surface area contributed by atoms with Crippen LogP contribution in [0.4, 0.5) is 13.2 Å². The number of amides is 1. The second-order valence-corrected chi connectivity index (χ2v) is 6.99. The molecule has 0 spiro atoms. The molecule has 3 rings (SSSR count). The molecule has 0 N–H and O–H groups in total. The summed E-state index contributed by atoms with van der Waals surface area (Å²) in [6, 6.07) is 7.70. The molecule has 10 heteroatoms. The van der Waals surface area contributed by atoms with Gasteiger partial charge in [0.05, 0.1) is 31.1 Å². The summed E-state index contributed by atoms with van der Waals surface area (Å²) >= 11 is 0. The van der Waals surface area contributed by atoms with Gasteiger partial charge >= 0.3 is 12.1 Å². The molecule has 2 heterocycles. The second kappa shape index (κ2) is 8.29. The Morgan fingerprint density at radius 3 is 2.39 bits per heavy atom. The zero-order valence-corrected chi connectivity index (χ0v) is 17.3. The van der Waals surface area contributed by atoms with Gasteiger partial charge in [-0.15, -0.1) is 0 Å². The van der Waals surface area contributed by atoms with Gasteiger partial charge in [0.2, 0.25) is 0 Å². The van der Waals surface area contributed by atoms with Crippen LogP contribution in [0.2, 0.25) is 0 Å². The smallest absolute Gasteiger partial charge is 0.434 e. The quantitative estimate of drug-likeness (QED) is 0.563. The van der Waals surface area contributed by atoms with Crippen LogP contribution in [-0.2, 0) is 17.5 Å². The minimum atomic E-state index is -4.81. The summed E-state index contributed by atoms with van der Waals surface area (Å²) in [6.07, 6.45) is -3.92. The zero-order valence-electron chi connectivity index (χ0n) is 17.3. The summed E-state index contributed by atoms with van der Waals surface area (Å²) in [5.74, 6) is -0.987. The number of aromatic nitrogens is 2. The molecule has 2 aromatic heterocycles. The van der Waals surface area contributed by atoms with Crippen molar-refractivity contribution < 1.29 is 31.9 Å². The van der Waals surface area contributed by atoms with Gasteiger partial charge in [-0.05, 0) is 32.0 Å². The number of halogens is 3. The number of aryl methyl sites for hydroxylation is 2. The summed E-state index contributed by atoms with van der Waals surface area (Å²) in [5.41, 5.74) is -0.516. The van der Waals surface area contributed by atoms with Crippen molar-refractivity contribution in [1.29, 1.82) is 0 Å². The fourth-order valence-electron chi connectivity index (χ4n) is 3.10. The predicted octanol–water partition coefficient (Wildman–Crippen LogP) is 4.16. The number of esters is 1. The van der Waals surface area contributed by atoms with E-state index in [-0.39, 0.29) is 29.3 Å². The molecule has 0 radical (unpaired) electrons. The highest BCUT2D eigenvalue weighted by atomic mass is 19.4. The number of carbonyl (C=O) groups is 2. The number of rotatable bonds is 5. The van der Waals surface area contributed by atoms with Crippen molar-refractivity contribution in [3.8, 4) is 5.69 Å². The van der Waals surface area contributed by atoms with Gasteiger partial charge in [-0.2, -0.15) is 18.3 Å². The van der Waals surface area contributed by atoms with Gasteiger partial charge in [0.15, 0.2) is 5.69 Å². The van der Waals surface area contributed by atoms with E-state index in [1.54, 1.807) is 19.1 Å². The zero-order chi connectivity index (χ0) is 22.9. The lowest BCUT2D eigenvalue weighted by molar-refractivity contribution is -0.143. The number of nitrogens with zero attached hydrogens (tertiary/aromatic N) is 3. The lowest BCUT2D eigenvalue weighted by Gasteiger charge is -2.17. The van der Waals surface area contributed by atoms with Crippen LogP contribution in [0.15, 0.2) is 40.9 Å². The van der Waals surface area contributed by atoms with Crippen LogP contribution in [0.5, 0.6) is 0 Å². The van der Waals surface area contributed by atoms with Crippen molar-refractivity contribution in [2.75, 3.05) is 14.2 Å². The highest BCUT2D eigenvalue weighted by Crippen LogP contribution is 2.34. The number of methoxy groups -OCH3 is 1. The third-order valence-corrected chi connectivity index (χ3v) is 4.66. The molecule has 3 aromatic rings. The molecule has 0 aliphatic heterocycles. The first-order chi connectivity index (χ1) is 14.5. The maximum atomic E-state index is 13.8. The van der Waals surface area contributed by atoms with Crippen molar-refractivity contribution in [2.45, 2.75) is 26.6 Å². The Labute approximate surface area is 176 Å². The summed E-state index contributed by atoms with van der Waals surface area (Å²) in [4.78, 5) is 25.6. The van der Waals surface area contributed by atoms with Gasteiger partial charge in [-0.3, -0.25) is 4.79 Å². The molecule has 164 valence electrons. The Balaban J connectivity index is 1.92. The van der Waals surface area contributed by atoms with E-state index in [1.165, 1.54) is 32.4 Å². The van der Waals surface area contributed by atoms with E-state index in [1.807, 2.05) is 6.92 Å². The Bertz CT molecular complexity index is 1110. The van der Waals surface area contributed by atoms with E-state index in [2.05, 4.69) is 9.84 Å². The highest BCUT2D eigenvalue weighted by Gasteiger charge is 2.41. The summed E-state index contributed by atoms with van der Waals surface area (Å²) in [6.45, 7) is 3.21. The molecule has 1 amide bonds. The summed E-state index contributed by atoms with van der Waals surface area (Å²) in [5, 5.41) is 3.81. The highest BCUT2D eigenvalue weighted by molar-refractivity contribution is 5.95. The van der Waals surface area contributed by atoms with Crippen molar-refractivity contribution in [2.24, 2.45) is 0 Å². The molecular weight excluding hydrogens is 415 g/mol. The predicted molar refractivity (Wildman–Crippen MR) is 104 cm³/mol. The Morgan fingerprint density at radius 1 is 1.16 bits per heavy atom. The summed E-state index contributed by atoms with van der Waals surface area (Å²) < 4.78 is 52.3. The van der Waals surface area contributed by atoms with Crippen LogP contribution < -0.4 is 0 Å². The average molecular weight is 435 g/mol. The first kappa shape index (κ1) is 22.1. The molecule has 7 nitrogen and oxygen atoms in total. The van der Waals surface area contributed by atoms with E-state index in [0.29, 0.717) is 4.68 Å². The maximum absolute atomic E-state index is 13.8. The number of furan rings is 1. The van der Waals surface area contributed by atoms with E-state index in [0.717, 1.165) is 16.7 Å². The van der Waals surface area contributed by atoms with Crippen molar-refractivity contribution in [3.05, 3.63) is 70.4 Å². The molecule has 0 unspecified atom stereocenters. The molecule has 0 fully saturated rings. The van der Waals surface area contributed by atoms with Crippen molar-refractivity contribution in [3.63, 3.8) is 0 Å². The molecule has 1 aromatic carbocycles. The third kappa shape index (κ3) is 4.47. The second-order valence-electron chi connectivity index (χ2n) is 6.99. The van der Waals surface area contributed by atoms with E-state index in [9.17, 15) is 22.8 Å². The molecule has 0 atom stereocenters. The monoisotopic (exact) mass is 435 g/mol. The molecule has 31 heavy (non-hydrogen) atoms. The van der Waals surface area contributed by atoms with Crippen molar-refractivity contribution in [1.82, 2.24) is 14.7 Å². The van der Waals surface area contributed by atoms with Gasteiger partial charge in [0.1, 0.15) is 17.1 Å². The van der Waals surface area contributed by atoms with Gasteiger partial charge in [0, 0.05) is 7.05 Å². The topological polar surface area (TPSA) is 77.6 Å². The lowest BCUT2D eigenvalue weighted by Crippen LogP contribution is -2.28. The molecule has 0 saturated carbocycles. The van der Waals surface area contributed by atoms with Gasteiger partial charge in [-0.25, -0.2) is 9.48 Å². The Morgan fingerprint density at radius 2 is 1.81 bits per heavy atom. The normalized spacial score (nSPS) is 11.5. The molecule has 0 bridgehead atoms. The number of alkyl halides is 3. The van der Waals surface area contributed by atoms with Crippen LogP contribution in [0.1, 0.15) is 43.5 Å². The fraction of sp³-hybridized carbons (Fsp3) is 0.286. The number of ether oxygens (including phenoxy) is 1. The van der Waals surface area contributed by atoms with E-state index >= 15 is 0 Å². The Kier molecular flexibility index (Phi) is 5.92. The number of hydrogen-bond acceptors (Lipinski definition) is 5. The van der Waals surface area contributed by atoms with E-state index < -0.39 is 29.3 Å². The van der Waals surface area contributed by atoms with Crippen LogP contribution in [-0.4, -0.2) is 40.7 Å². The molecule has 0 aliphatic rings. The standard InChI is InChI=1S/C21H20F3N3O4/c1-12-5-7-14(8-6-12)27-18(21(22,23)24)17(10-25-27)19(28)26(3)11-15-9-16(13(2)31-15)20(29)30-4/h5-10H,11H2,1-4H3. The largest absolute Gasteiger partial charge is 0.465 e. The lowest BCUT2D eigenvalue weighted by atomic mass is 10.2. The minimum absolute atomic E-state index is 0.149. The SMILES string of the molecule is COC(=O)c1cc(CN(C)C(=O)c2cnn(-c3ccc(C)cc3)c2C(F)(F)F)oc1C. The number of hydrogen-bond donors (Lipinski definition) is 0. The van der Waals surface area contributed by atoms with Crippen LogP contribution >= 0.6 is 0 Å². The molecule has 0 aliphatic carbocycles. The molecular formula is C21H20F3N3O4. The van der Waals surface area contributed by atoms with Crippen LogP contribution in [0, 0.1) is 13.8 Å². The van der Waals surface area contributed by atoms with Crippen LogP contribution in [0.25, 0.3) is 5.69 Å². The Hall–Kier alpha value is -3.56. The summed E-state index contributed by atoms with van der Waals surface area (Å²) in [7, 11) is 2.55. The third-order valence-electron chi connectivity index (χ3n) is 4.66. The maximum Gasteiger partial charge on any atom is 0.434 e. The number of benzene rings is 1. The van der Waals surface area contributed by atoms with Gasteiger partial charge < -0.3 is 14.1 Å². The van der Waals surface area contributed by atoms with Gasteiger partial charge in [-0.1, -0.05) is 17.7 Å². The van der Waals surface area contributed by atoms with E-state index in [4.69, 9.17) is 4.42 Å². The fourth-order valence-corrected chi connectivity index (χ4v) is 3.10. The van der Waals surface area contributed by atoms with Crippen molar-refractivity contribution >= 4 is 11.9 Å². The minimum Gasteiger partial charge on any atom is -0.465 e. The number of carbonyl (C=O) groups excluding carboxylic acids is 2.